The van der Waals surface area contributed by atoms with Gasteiger partial charge < -0.3 is 5.11 Å². The lowest BCUT2D eigenvalue weighted by atomic mass is 10.2. The maximum absolute atomic E-state index is 12.4. The minimum atomic E-state index is -4.49. The van der Waals surface area contributed by atoms with Crippen LogP contribution in [0, 0.1) is 0 Å². The molecule has 1 heterocycles. The van der Waals surface area contributed by atoms with Crippen LogP contribution in [0.25, 0.3) is 5.69 Å². The second-order valence-electron chi connectivity index (χ2n) is 3.57. The molecule has 1 aromatic carbocycles. The molecule has 0 spiro atoms. The van der Waals surface area contributed by atoms with Crippen LogP contribution in [0.5, 0.6) is 0 Å². The van der Waals surface area contributed by atoms with Gasteiger partial charge in [-0.15, -0.1) is 0 Å². The fourth-order valence-corrected chi connectivity index (χ4v) is 1.71. The van der Waals surface area contributed by atoms with E-state index >= 15 is 0 Å². The summed E-state index contributed by atoms with van der Waals surface area (Å²) < 4.78 is 38.3. The summed E-state index contributed by atoms with van der Waals surface area (Å²) in [4.78, 5) is 0. The molecule has 0 saturated carbocycles. The number of aliphatic hydroxyl groups excluding tert-OH is 1. The van der Waals surface area contributed by atoms with Gasteiger partial charge in [-0.1, -0.05) is 11.6 Å². The molecule has 0 amide bonds. The summed E-state index contributed by atoms with van der Waals surface area (Å²) in [5.41, 5.74) is -0.224. The van der Waals surface area contributed by atoms with Gasteiger partial charge in [-0.05, 0) is 24.3 Å². The summed E-state index contributed by atoms with van der Waals surface area (Å²) in [7, 11) is 0. The number of hydrogen-bond donors (Lipinski definition) is 1. The first kappa shape index (κ1) is 12.9. The molecule has 0 saturated heterocycles. The van der Waals surface area contributed by atoms with Crippen molar-refractivity contribution < 1.29 is 18.3 Å². The van der Waals surface area contributed by atoms with Crippen LogP contribution in [0.3, 0.4) is 0 Å². The zero-order chi connectivity index (χ0) is 13.3. The summed E-state index contributed by atoms with van der Waals surface area (Å²) in [6, 6.07) is 5.37. The standard InChI is InChI=1S/C11H8ClF3N2O/c12-8-1-2-9(7(5-8)6-18)17-4-3-10(16-17)11(13,14)15/h1-5,18H,6H2. The number of hydrogen-bond acceptors (Lipinski definition) is 2. The topological polar surface area (TPSA) is 38.0 Å². The van der Waals surface area contributed by atoms with Crippen molar-refractivity contribution in [3.05, 3.63) is 46.7 Å². The average Bonchev–Trinajstić information content (AvgIpc) is 2.77. The number of rotatable bonds is 2. The molecule has 2 rings (SSSR count). The normalized spacial score (nSPS) is 11.8. The van der Waals surface area contributed by atoms with Gasteiger partial charge in [0.25, 0.3) is 0 Å². The van der Waals surface area contributed by atoms with E-state index in [0.717, 1.165) is 10.7 Å². The molecule has 96 valence electrons. The van der Waals surface area contributed by atoms with Crippen molar-refractivity contribution in [1.82, 2.24) is 9.78 Å². The molecule has 2 aromatic rings. The van der Waals surface area contributed by atoms with Crippen molar-refractivity contribution in [3.63, 3.8) is 0 Å². The Labute approximate surface area is 105 Å². The second kappa shape index (κ2) is 4.62. The molecule has 0 aliphatic heterocycles. The minimum Gasteiger partial charge on any atom is -0.392 e. The number of aromatic nitrogens is 2. The third-order valence-electron chi connectivity index (χ3n) is 2.34. The summed E-state index contributed by atoms with van der Waals surface area (Å²) in [5.74, 6) is 0. The highest BCUT2D eigenvalue weighted by Crippen LogP contribution is 2.28. The summed E-state index contributed by atoms with van der Waals surface area (Å²) in [6.07, 6.45) is -3.30. The highest BCUT2D eigenvalue weighted by Gasteiger charge is 2.33. The van der Waals surface area contributed by atoms with E-state index in [0.29, 0.717) is 16.3 Å². The predicted octanol–water partition coefficient (Wildman–Crippen LogP) is 3.04. The van der Waals surface area contributed by atoms with Gasteiger partial charge >= 0.3 is 6.18 Å². The molecule has 3 nitrogen and oxygen atoms in total. The predicted molar refractivity (Wildman–Crippen MR) is 59.5 cm³/mol. The van der Waals surface area contributed by atoms with Crippen molar-refractivity contribution in [2.45, 2.75) is 12.8 Å². The first-order valence-corrected chi connectivity index (χ1v) is 5.32. The van der Waals surface area contributed by atoms with Gasteiger partial charge in [-0.25, -0.2) is 4.68 Å². The molecule has 1 aromatic heterocycles. The van der Waals surface area contributed by atoms with Crippen LogP contribution in [-0.2, 0) is 12.8 Å². The van der Waals surface area contributed by atoms with Crippen LogP contribution < -0.4 is 0 Å². The third kappa shape index (κ3) is 2.49. The fourth-order valence-electron chi connectivity index (χ4n) is 1.51. The zero-order valence-electron chi connectivity index (χ0n) is 8.95. The molecule has 0 aliphatic rings. The molecule has 1 N–H and O–H groups in total. The van der Waals surface area contributed by atoms with Gasteiger partial charge in [-0.3, -0.25) is 0 Å². The second-order valence-corrected chi connectivity index (χ2v) is 4.01. The summed E-state index contributed by atoms with van der Waals surface area (Å²) in [5, 5.41) is 13.0. The van der Waals surface area contributed by atoms with Crippen molar-refractivity contribution in [2.24, 2.45) is 0 Å². The quantitative estimate of drug-likeness (QED) is 0.915. The molecule has 0 aliphatic carbocycles. The summed E-state index contributed by atoms with van der Waals surface area (Å²) in [6.45, 7) is -0.336. The molecular weight excluding hydrogens is 269 g/mol. The van der Waals surface area contributed by atoms with Gasteiger partial charge in [0, 0.05) is 16.8 Å². The molecule has 18 heavy (non-hydrogen) atoms. The first-order valence-electron chi connectivity index (χ1n) is 4.94. The lowest BCUT2D eigenvalue weighted by Gasteiger charge is -2.08. The highest BCUT2D eigenvalue weighted by atomic mass is 35.5. The Hall–Kier alpha value is -1.53. The van der Waals surface area contributed by atoms with Crippen LogP contribution in [0.4, 0.5) is 13.2 Å². The smallest absolute Gasteiger partial charge is 0.392 e. The lowest BCUT2D eigenvalue weighted by Crippen LogP contribution is -2.08. The number of alkyl halides is 3. The monoisotopic (exact) mass is 276 g/mol. The van der Waals surface area contributed by atoms with Crippen LogP contribution in [0.2, 0.25) is 5.02 Å². The molecule has 0 fully saturated rings. The Balaban J connectivity index is 2.46. The van der Waals surface area contributed by atoms with Gasteiger partial charge in [0.05, 0.1) is 12.3 Å². The Morgan fingerprint density at radius 3 is 2.56 bits per heavy atom. The van der Waals surface area contributed by atoms with E-state index < -0.39 is 11.9 Å². The molecule has 0 unspecified atom stereocenters. The SMILES string of the molecule is OCc1cc(Cl)ccc1-n1ccc(C(F)(F)F)n1. The molecule has 0 bridgehead atoms. The summed E-state index contributed by atoms with van der Waals surface area (Å²) >= 11 is 5.74. The van der Waals surface area contributed by atoms with Gasteiger partial charge in [0.2, 0.25) is 0 Å². The number of nitrogens with zero attached hydrogens (tertiary/aromatic N) is 2. The molecular formula is C11H8ClF3N2O. The van der Waals surface area contributed by atoms with Crippen LogP contribution in [-0.4, -0.2) is 14.9 Å². The first-order chi connectivity index (χ1) is 8.41. The van der Waals surface area contributed by atoms with Crippen molar-refractivity contribution in [1.29, 1.82) is 0 Å². The van der Waals surface area contributed by atoms with Crippen LogP contribution in [0.15, 0.2) is 30.5 Å². The van der Waals surface area contributed by atoms with E-state index in [2.05, 4.69) is 5.10 Å². The maximum Gasteiger partial charge on any atom is 0.435 e. The number of halogens is 4. The highest BCUT2D eigenvalue weighted by molar-refractivity contribution is 6.30. The average molecular weight is 277 g/mol. The van der Waals surface area contributed by atoms with Gasteiger partial charge in [0.1, 0.15) is 0 Å². The number of benzene rings is 1. The molecule has 7 heteroatoms. The van der Waals surface area contributed by atoms with E-state index in [1.54, 1.807) is 0 Å². The Morgan fingerprint density at radius 2 is 2.00 bits per heavy atom. The van der Waals surface area contributed by atoms with E-state index in [1.807, 2.05) is 0 Å². The largest absolute Gasteiger partial charge is 0.435 e. The fraction of sp³-hybridized carbons (Fsp3) is 0.182. The van der Waals surface area contributed by atoms with Crippen molar-refractivity contribution in [3.8, 4) is 5.69 Å². The van der Waals surface area contributed by atoms with E-state index in [-0.39, 0.29) is 6.61 Å². The van der Waals surface area contributed by atoms with Gasteiger partial charge in [0.15, 0.2) is 5.69 Å². The van der Waals surface area contributed by atoms with Crippen LogP contribution in [0.1, 0.15) is 11.3 Å². The van der Waals surface area contributed by atoms with E-state index in [9.17, 15) is 13.2 Å². The Bertz CT molecular complexity index is 566. The van der Waals surface area contributed by atoms with Gasteiger partial charge in [-0.2, -0.15) is 18.3 Å². The minimum absolute atomic E-state index is 0.336. The Morgan fingerprint density at radius 1 is 1.28 bits per heavy atom. The van der Waals surface area contributed by atoms with E-state index in [4.69, 9.17) is 16.7 Å². The Kier molecular flexibility index (Phi) is 3.32. The number of aliphatic hydroxyl groups is 1. The molecule has 0 atom stereocenters. The van der Waals surface area contributed by atoms with Crippen LogP contribution >= 0.6 is 11.6 Å². The van der Waals surface area contributed by atoms with E-state index in [1.165, 1.54) is 24.4 Å². The zero-order valence-corrected chi connectivity index (χ0v) is 9.70. The maximum atomic E-state index is 12.4. The lowest BCUT2D eigenvalue weighted by molar-refractivity contribution is -0.141. The van der Waals surface area contributed by atoms with Crippen molar-refractivity contribution >= 4 is 11.6 Å². The van der Waals surface area contributed by atoms with Crippen molar-refractivity contribution in [2.75, 3.05) is 0 Å². The third-order valence-corrected chi connectivity index (χ3v) is 2.57. The molecule has 0 radical (unpaired) electrons.